The lowest BCUT2D eigenvalue weighted by atomic mass is 10.1. The maximum Gasteiger partial charge on any atom is 0.134 e. The van der Waals surface area contributed by atoms with E-state index < -0.39 is 6.10 Å². The molecule has 98 valence electrons. The molecule has 0 saturated carbocycles. The van der Waals surface area contributed by atoms with Crippen LogP contribution in [-0.4, -0.2) is 36.4 Å². The van der Waals surface area contributed by atoms with Crippen LogP contribution < -0.4 is 4.90 Å². The number of halogens is 1. The van der Waals surface area contributed by atoms with Crippen molar-refractivity contribution in [3.63, 3.8) is 0 Å². The lowest BCUT2D eigenvalue weighted by molar-refractivity contribution is 0.121. The van der Waals surface area contributed by atoms with Crippen LogP contribution in [0.5, 0.6) is 0 Å². The third-order valence-corrected chi connectivity index (χ3v) is 3.35. The number of aliphatic hydroxyl groups excluding tert-OH is 1. The van der Waals surface area contributed by atoms with Crippen molar-refractivity contribution in [1.82, 2.24) is 4.98 Å². The molecule has 5 heteroatoms. The summed E-state index contributed by atoms with van der Waals surface area (Å²) in [5, 5.41) is 10.2. The number of ether oxygens (including phenoxy) is 1. The van der Waals surface area contributed by atoms with Gasteiger partial charge in [0.25, 0.3) is 0 Å². The average molecular weight is 313 g/mol. The predicted molar refractivity (Wildman–Crippen MR) is 74.7 cm³/mol. The fourth-order valence-electron chi connectivity index (χ4n) is 2.02. The molecule has 1 aliphatic heterocycles. The van der Waals surface area contributed by atoms with E-state index in [9.17, 15) is 5.11 Å². The fourth-order valence-corrected chi connectivity index (χ4v) is 2.37. The molecule has 1 atom stereocenters. The van der Waals surface area contributed by atoms with Gasteiger partial charge in [-0.05, 0) is 28.4 Å². The molecule has 0 aromatic carbocycles. The average Bonchev–Trinajstić information content (AvgIpc) is 2.40. The third kappa shape index (κ3) is 3.10. The summed E-state index contributed by atoms with van der Waals surface area (Å²) >= 11 is 3.40. The molecule has 4 nitrogen and oxygen atoms in total. The van der Waals surface area contributed by atoms with Crippen molar-refractivity contribution in [1.29, 1.82) is 0 Å². The van der Waals surface area contributed by atoms with Crippen LogP contribution in [0.1, 0.15) is 18.1 Å². The normalized spacial score (nSPS) is 17.6. The highest BCUT2D eigenvalue weighted by Crippen LogP contribution is 2.29. The molecule has 0 radical (unpaired) electrons. The van der Waals surface area contributed by atoms with E-state index in [1.165, 1.54) is 0 Å². The minimum Gasteiger partial charge on any atom is -0.388 e. The molecule has 0 spiro atoms. The molecular weight excluding hydrogens is 296 g/mol. The highest BCUT2D eigenvalue weighted by Gasteiger charge is 2.20. The van der Waals surface area contributed by atoms with E-state index in [-0.39, 0.29) is 0 Å². The van der Waals surface area contributed by atoms with Crippen LogP contribution in [0.3, 0.4) is 0 Å². The van der Waals surface area contributed by atoms with Gasteiger partial charge in [-0.25, -0.2) is 4.98 Å². The number of anilines is 1. The van der Waals surface area contributed by atoms with Crippen LogP contribution in [-0.2, 0) is 4.74 Å². The molecule has 1 aliphatic rings. The number of hydrogen-bond acceptors (Lipinski definition) is 4. The number of morpholine rings is 1. The summed E-state index contributed by atoms with van der Waals surface area (Å²) in [5.74, 6) is 0.843. The molecule has 0 amide bonds. The second kappa shape index (κ2) is 6.31. The molecule has 18 heavy (non-hydrogen) atoms. The molecule has 1 fully saturated rings. The first kappa shape index (κ1) is 13.5. The Morgan fingerprint density at radius 2 is 2.28 bits per heavy atom. The van der Waals surface area contributed by atoms with Crippen LogP contribution in [0.2, 0.25) is 0 Å². The molecule has 1 aromatic rings. The first-order valence-corrected chi connectivity index (χ1v) is 6.78. The largest absolute Gasteiger partial charge is 0.388 e. The van der Waals surface area contributed by atoms with E-state index in [1.54, 1.807) is 12.3 Å². The van der Waals surface area contributed by atoms with Crippen LogP contribution in [0.25, 0.3) is 0 Å². The topological polar surface area (TPSA) is 45.6 Å². The fraction of sp³-hybridized carbons (Fsp3) is 0.462. The summed E-state index contributed by atoms with van der Waals surface area (Å²) < 4.78 is 6.21. The number of aromatic nitrogens is 1. The van der Waals surface area contributed by atoms with Crippen LogP contribution in [0, 0.1) is 0 Å². The van der Waals surface area contributed by atoms with Gasteiger partial charge in [0.1, 0.15) is 5.82 Å². The zero-order valence-electron chi connectivity index (χ0n) is 10.2. The van der Waals surface area contributed by atoms with Gasteiger partial charge in [-0.1, -0.05) is 6.08 Å². The maximum atomic E-state index is 10.2. The first-order valence-electron chi connectivity index (χ1n) is 5.99. The van der Waals surface area contributed by atoms with Crippen molar-refractivity contribution < 1.29 is 9.84 Å². The Morgan fingerprint density at radius 3 is 2.94 bits per heavy atom. The van der Waals surface area contributed by atoms with Gasteiger partial charge in [0.2, 0.25) is 0 Å². The summed E-state index contributed by atoms with van der Waals surface area (Å²) in [6.07, 6.45) is 3.43. The van der Waals surface area contributed by atoms with E-state index in [4.69, 9.17) is 4.74 Å². The monoisotopic (exact) mass is 312 g/mol. The van der Waals surface area contributed by atoms with E-state index >= 15 is 0 Å². The minimum absolute atomic E-state index is 0.523. The molecule has 2 rings (SSSR count). The number of rotatable bonds is 4. The molecule has 0 aliphatic carbocycles. The summed E-state index contributed by atoms with van der Waals surface area (Å²) in [7, 11) is 0. The standard InChI is InChI=1S/C13H17BrN2O2/c1-2-3-12(17)11-8-10(14)9-15-13(11)16-4-6-18-7-5-16/h2,8-9,12,17H,1,3-7H2. The smallest absolute Gasteiger partial charge is 0.134 e. The van der Waals surface area contributed by atoms with Gasteiger partial charge in [-0.2, -0.15) is 0 Å². The molecule has 1 aromatic heterocycles. The SMILES string of the molecule is C=CCC(O)c1cc(Br)cnc1N1CCOCC1. The van der Waals surface area contributed by atoms with E-state index in [0.29, 0.717) is 19.6 Å². The number of aliphatic hydroxyl groups is 1. The Hall–Kier alpha value is -0.910. The van der Waals surface area contributed by atoms with Gasteiger partial charge < -0.3 is 14.7 Å². The third-order valence-electron chi connectivity index (χ3n) is 2.92. The Balaban J connectivity index is 2.29. The lowest BCUT2D eigenvalue weighted by Gasteiger charge is -2.30. The zero-order valence-corrected chi connectivity index (χ0v) is 11.8. The molecule has 1 saturated heterocycles. The zero-order chi connectivity index (χ0) is 13.0. The molecular formula is C13H17BrN2O2. The van der Waals surface area contributed by atoms with Gasteiger partial charge in [0.05, 0.1) is 19.3 Å². The second-order valence-corrected chi connectivity index (χ2v) is 5.12. The van der Waals surface area contributed by atoms with Crippen molar-refractivity contribution in [3.05, 3.63) is 35.0 Å². The number of pyridine rings is 1. The minimum atomic E-state index is -0.564. The van der Waals surface area contributed by atoms with Gasteiger partial charge in [0.15, 0.2) is 0 Å². The summed E-state index contributed by atoms with van der Waals surface area (Å²) in [5.41, 5.74) is 0.839. The Kier molecular flexibility index (Phi) is 4.74. The first-order chi connectivity index (χ1) is 8.72. The summed E-state index contributed by atoms with van der Waals surface area (Å²) in [6, 6.07) is 1.92. The highest BCUT2D eigenvalue weighted by molar-refractivity contribution is 9.10. The predicted octanol–water partition coefficient (Wildman–Crippen LogP) is 2.29. The van der Waals surface area contributed by atoms with Gasteiger partial charge in [0, 0.05) is 29.3 Å². The Bertz CT molecular complexity index is 419. The summed E-state index contributed by atoms with van der Waals surface area (Å²) in [4.78, 5) is 6.58. The molecule has 1 N–H and O–H groups in total. The van der Waals surface area contributed by atoms with E-state index in [2.05, 4.69) is 32.4 Å². The van der Waals surface area contributed by atoms with Crippen LogP contribution in [0.4, 0.5) is 5.82 Å². The van der Waals surface area contributed by atoms with Crippen molar-refractivity contribution in [2.45, 2.75) is 12.5 Å². The van der Waals surface area contributed by atoms with Crippen molar-refractivity contribution in [3.8, 4) is 0 Å². The molecule has 1 unspecified atom stereocenters. The maximum absolute atomic E-state index is 10.2. The summed E-state index contributed by atoms with van der Waals surface area (Å²) in [6.45, 7) is 6.69. The van der Waals surface area contributed by atoms with Crippen molar-refractivity contribution >= 4 is 21.7 Å². The quantitative estimate of drug-likeness (QED) is 0.867. The lowest BCUT2D eigenvalue weighted by Crippen LogP contribution is -2.37. The Labute approximate surface area is 115 Å². The van der Waals surface area contributed by atoms with E-state index in [0.717, 1.165) is 28.9 Å². The second-order valence-electron chi connectivity index (χ2n) is 4.21. The molecule has 2 heterocycles. The van der Waals surface area contributed by atoms with Gasteiger partial charge in [-0.15, -0.1) is 6.58 Å². The van der Waals surface area contributed by atoms with Crippen molar-refractivity contribution in [2.75, 3.05) is 31.2 Å². The number of nitrogens with zero attached hydrogens (tertiary/aromatic N) is 2. The van der Waals surface area contributed by atoms with E-state index in [1.807, 2.05) is 6.07 Å². The Morgan fingerprint density at radius 1 is 1.56 bits per heavy atom. The van der Waals surface area contributed by atoms with Crippen LogP contribution in [0.15, 0.2) is 29.4 Å². The molecule has 0 bridgehead atoms. The van der Waals surface area contributed by atoms with Gasteiger partial charge >= 0.3 is 0 Å². The van der Waals surface area contributed by atoms with Crippen LogP contribution >= 0.6 is 15.9 Å². The van der Waals surface area contributed by atoms with Gasteiger partial charge in [-0.3, -0.25) is 0 Å². The number of hydrogen-bond donors (Lipinski definition) is 1. The van der Waals surface area contributed by atoms with Crippen molar-refractivity contribution in [2.24, 2.45) is 0 Å². The highest BCUT2D eigenvalue weighted by atomic mass is 79.9.